The molecule has 0 aliphatic rings. The Morgan fingerprint density at radius 3 is 2.24 bits per heavy atom. The summed E-state index contributed by atoms with van der Waals surface area (Å²) in [5.74, 6) is 2.29. The van der Waals surface area contributed by atoms with E-state index in [4.69, 9.17) is 10.5 Å². The fourth-order valence-electron chi connectivity index (χ4n) is 2.28. The largest absolute Gasteiger partial charge is 0.457 e. The van der Waals surface area contributed by atoms with Gasteiger partial charge in [0.1, 0.15) is 11.5 Å². The first-order valence-electron chi connectivity index (χ1n) is 7.77. The van der Waals surface area contributed by atoms with Crippen LogP contribution >= 0.6 is 0 Å². The molecule has 0 amide bonds. The molecule has 2 nitrogen and oxygen atoms in total. The minimum atomic E-state index is 0.0707. The molecule has 0 saturated heterocycles. The highest BCUT2D eigenvalue weighted by Gasteiger charge is 2.06. The Hall–Kier alpha value is -1.80. The first-order valence-corrected chi connectivity index (χ1v) is 7.77. The fourth-order valence-corrected chi connectivity index (χ4v) is 2.28. The van der Waals surface area contributed by atoms with Gasteiger partial charge in [-0.2, -0.15) is 0 Å². The van der Waals surface area contributed by atoms with Gasteiger partial charge in [0.2, 0.25) is 0 Å². The Morgan fingerprint density at radius 1 is 0.905 bits per heavy atom. The predicted molar refractivity (Wildman–Crippen MR) is 88.9 cm³/mol. The first kappa shape index (κ1) is 15.6. The van der Waals surface area contributed by atoms with E-state index in [0.717, 1.165) is 29.9 Å². The van der Waals surface area contributed by atoms with Crippen molar-refractivity contribution in [3.05, 3.63) is 59.7 Å². The first-order chi connectivity index (χ1) is 10.1. The highest BCUT2D eigenvalue weighted by atomic mass is 16.5. The van der Waals surface area contributed by atoms with Crippen molar-refractivity contribution in [3.8, 4) is 11.5 Å². The van der Waals surface area contributed by atoms with Gasteiger partial charge in [-0.1, -0.05) is 45.0 Å². The lowest BCUT2D eigenvalue weighted by atomic mass is 9.99. The maximum atomic E-state index is 6.07. The van der Waals surface area contributed by atoms with Crippen LogP contribution in [0.1, 0.15) is 56.7 Å². The molecule has 0 spiro atoms. The molecule has 112 valence electrons. The lowest BCUT2D eigenvalue weighted by Gasteiger charge is -2.13. The molecule has 0 aliphatic heterocycles. The minimum Gasteiger partial charge on any atom is -0.457 e. The summed E-state index contributed by atoms with van der Waals surface area (Å²) < 4.78 is 5.93. The van der Waals surface area contributed by atoms with E-state index in [9.17, 15) is 0 Å². The van der Waals surface area contributed by atoms with Crippen LogP contribution in [0.3, 0.4) is 0 Å². The van der Waals surface area contributed by atoms with Crippen LogP contribution in [0.5, 0.6) is 11.5 Å². The summed E-state index contributed by atoms with van der Waals surface area (Å²) in [4.78, 5) is 0. The van der Waals surface area contributed by atoms with E-state index < -0.39 is 0 Å². The van der Waals surface area contributed by atoms with Gasteiger partial charge < -0.3 is 10.5 Å². The average Bonchev–Trinajstić information content (AvgIpc) is 2.54. The van der Waals surface area contributed by atoms with Gasteiger partial charge in [0.25, 0.3) is 0 Å². The molecule has 0 saturated carbocycles. The van der Waals surface area contributed by atoms with E-state index in [1.165, 1.54) is 5.56 Å². The zero-order chi connectivity index (χ0) is 15.2. The van der Waals surface area contributed by atoms with Crippen LogP contribution in [0.15, 0.2) is 48.5 Å². The predicted octanol–water partition coefficient (Wildman–Crippen LogP) is 5.40. The summed E-state index contributed by atoms with van der Waals surface area (Å²) in [5, 5.41) is 0. The Morgan fingerprint density at radius 2 is 1.62 bits per heavy atom. The highest BCUT2D eigenvalue weighted by molar-refractivity contribution is 5.36. The molecule has 0 fully saturated rings. The van der Waals surface area contributed by atoms with Crippen LogP contribution in [0, 0.1) is 0 Å². The van der Waals surface area contributed by atoms with Gasteiger partial charge in [0.15, 0.2) is 0 Å². The highest BCUT2D eigenvalue weighted by Crippen LogP contribution is 2.27. The summed E-state index contributed by atoms with van der Waals surface area (Å²) >= 11 is 0. The second-order valence-corrected chi connectivity index (χ2v) is 5.57. The molecule has 0 bridgehead atoms. The number of ether oxygens (including phenoxy) is 1. The SMILES string of the molecule is CCC(C)c1ccc(Oc2cccc(C(N)CC)c2)cc1. The topological polar surface area (TPSA) is 35.2 Å². The molecule has 0 radical (unpaired) electrons. The van der Waals surface area contributed by atoms with Gasteiger partial charge in [-0.05, 0) is 54.2 Å². The van der Waals surface area contributed by atoms with Crippen molar-refractivity contribution in [1.82, 2.24) is 0 Å². The van der Waals surface area contributed by atoms with Gasteiger partial charge >= 0.3 is 0 Å². The van der Waals surface area contributed by atoms with E-state index in [2.05, 4.69) is 32.9 Å². The lowest BCUT2D eigenvalue weighted by Crippen LogP contribution is -2.08. The molecule has 2 unspecified atom stereocenters. The van der Waals surface area contributed by atoms with E-state index >= 15 is 0 Å². The second-order valence-electron chi connectivity index (χ2n) is 5.57. The fraction of sp³-hybridized carbons (Fsp3) is 0.368. The van der Waals surface area contributed by atoms with Crippen LogP contribution in [0.2, 0.25) is 0 Å². The molecule has 2 rings (SSSR count). The molecule has 2 aromatic rings. The number of benzene rings is 2. The van der Waals surface area contributed by atoms with Gasteiger partial charge in [0, 0.05) is 6.04 Å². The van der Waals surface area contributed by atoms with Crippen molar-refractivity contribution < 1.29 is 4.74 Å². The van der Waals surface area contributed by atoms with Crippen LogP contribution in [-0.4, -0.2) is 0 Å². The number of rotatable bonds is 6. The van der Waals surface area contributed by atoms with Crippen molar-refractivity contribution in [2.45, 2.75) is 45.6 Å². The molecule has 21 heavy (non-hydrogen) atoms. The third kappa shape index (κ3) is 4.08. The van der Waals surface area contributed by atoms with Crippen molar-refractivity contribution in [2.75, 3.05) is 0 Å². The third-order valence-corrected chi connectivity index (χ3v) is 4.02. The van der Waals surface area contributed by atoms with Crippen molar-refractivity contribution in [1.29, 1.82) is 0 Å². The molecule has 0 heterocycles. The number of hydrogen-bond acceptors (Lipinski definition) is 2. The Kier molecular flexibility index (Phi) is 5.40. The third-order valence-electron chi connectivity index (χ3n) is 4.02. The Labute approximate surface area is 127 Å². The Bertz CT molecular complexity index is 562. The van der Waals surface area contributed by atoms with Gasteiger partial charge in [0.05, 0.1) is 0 Å². The van der Waals surface area contributed by atoms with Crippen molar-refractivity contribution in [3.63, 3.8) is 0 Å². The average molecular weight is 283 g/mol. The summed E-state index contributed by atoms with van der Waals surface area (Å²) in [6.07, 6.45) is 2.07. The van der Waals surface area contributed by atoms with E-state index in [0.29, 0.717) is 5.92 Å². The van der Waals surface area contributed by atoms with Gasteiger partial charge in [-0.3, -0.25) is 0 Å². The van der Waals surface area contributed by atoms with Gasteiger partial charge in [-0.15, -0.1) is 0 Å². The minimum absolute atomic E-state index is 0.0707. The van der Waals surface area contributed by atoms with Crippen molar-refractivity contribution in [2.24, 2.45) is 5.73 Å². The zero-order valence-electron chi connectivity index (χ0n) is 13.2. The zero-order valence-corrected chi connectivity index (χ0v) is 13.2. The standard InChI is InChI=1S/C19H25NO/c1-4-14(3)15-9-11-17(12-10-15)21-18-8-6-7-16(13-18)19(20)5-2/h6-14,19H,4-5,20H2,1-3H3. The van der Waals surface area contributed by atoms with Gasteiger partial charge in [-0.25, -0.2) is 0 Å². The number of nitrogens with two attached hydrogens (primary N) is 1. The van der Waals surface area contributed by atoms with Crippen molar-refractivity contribution >= 4 is 0 Å². The summed E-state index contributed by atoms with van der Waals surface area (Å²) in [5.41, 5.74) is 8.54. The number of hydrogen-bond donors (Lipinski definition) is 1. The van der Waals surface area contributed by atoms with Crippen LogP contribution in [0.4, 0.5) is 0 Å². The van der Waals surface area contributed by atoms with E-state index in [1.807, 2.05) is 36.4 Å². The molecule has 2 N–H and O–H groups in total. The summed E-state index contributed by atoms with van der Waals surface area (Å²) in [7, 11) is 0. The van der Waals surface area contributed by atoms with E-state index in [1.54, 1.807) is 0 Å². The maximum absolute atomic E-state index is 6.07. The molecule has 0 aromatic heterocycles. The molecule has 2 atom stereocenters. The van der Waals surface area contributed by atoms with E-state index in [-0.39, 0.29) is 6.04 Å². The van der Waals surface area contributed by atoms with Crippen LogP contribution < -0.4 is 10.5 Å². The quantitative estimate of drug-likeness (QED) is 0.770. The Balaban J connectivity index is 2.11. The normalized spacial score (nSPS) is 13.7. The smallest absolute Gasteiger partial charge is 0.127 e. The molecule has 2 aromatic carbocycles. The molecule has 2 heteroatoms. The van der Waals surface area contributed by atoms with Crippen LogP contribution in [-0.2, 0) is 0 Å². The summed E-state index contributed by atoms with van der Waals surface area (Å²) in [6, 6.07) is 16.5. The lowest BCUT2D eigenvalue weighted by molar-refractivity contribution is 0.480. The molecular weight excluding hydrogens is 258 g/mol. The summed E-state index contributed by atoms with van der Waals surface area (Å²) in [6.45, 7) is 6.54. The second kappa shape index (κ2) is 7.28. The maximum Gasteiger partial charge on any atom is 0.127 e. The van der Waals surface area contributed by atoms with Crippen LogP contribution in [0.25, 0.3) is 0 Å². The monoisotopic (exact) mass is 283 g/mol. The molecule has 0 aliphatic carbocycles. The molecular formula is C19H25NO.